The maximum atomic E-state index is 12.7. The van der Waals surface area contributed by atoms with E-state index in [1.807, 2.05) is 41.2 Å². The fraction of sp³-hybridized carbons (Fsp3) is 0.524. The van der Waals surface area contributed by atoms with Crippen LogP contribution >= 0.6 is 0 Å². The summed E-state index contributed by atoms with van der Waals surface area (Å²) in [5.41, 5.74) is 1.81. The van der Waals surface area contributed by atoms with Crippen LogP contribution in [0.25, 0.3) is 0 Å². The van der Waals surface area contributed by atoms with E-state index >= 15 is 0 Å². The molecule has 0 spiro atoms. The summed E-state index contributed by atoms with van der Waals surface area (Å²) in [4.78, 5) is 15.3. The van der Waals surface area contributed by atoms with Gasteiger partial charge < -0.3 is 15.0 Å². The highest BCUT2D eigenvalue weighted by Gasteiger charge is 2.27. The van der Waals surface area contributed by atoms with Gasteiger partial charge in [-0.05, 0) is 49.4 Å². The van der Waals surface area contributed by atoms with Gasteiger partial charge in [0.05, 0.1) is 6.54 Å². The Hall–Kier alpha value is -2.18. The summed E-state index contributed by atoms with van der Waals surface area (Å²) < 4.78 is 7.33. The first-order chi connectivity index (χ1) is 13.3. The maximum absolute atomic E-state index is 12.7. The Balaban J connectivity index is 1.29. The number of nitrogens with one attached hydrogen (secondary N) is 1. The molecular formula is C21H28N4O2. The number of rotatable bonds is 5. The molecule has 4 rings (SSSR count). The maximum Gasteiger partial charge on any atom is 0.251 e. The van der Waals surface area contributed by atoms with E-state index in [1.54, 1.807) is 6.20 Å². The van der Waals surface area contributed by atoms with Crippen molar-refractivity contribution >= 4 is 5.91 Å². The minimum atomic E-state index is 0.0295. The lowest BCUT2D eigenvalue weighted by molar-refractivity contribution is 0.0238. The van der Waals surface area contributed by atoms with Crippen LogP contribution in [0.2, 0.25) is 0 Å². The Kier molecular flexibility index (Phi) is 5.84. The number of carbonyl (C=O) groups excluding carboxylic acids is 1. The SMILES string of the molecule is O=C(NC1CCN(C2CCOCC2)CC1)c1cccc(Cn2cccn2)c1. The zero-order valence-electron chi connectivity index (χ0n) is 15.7. The molecular weight excluding hydrogens is 340 g/mol. The summed E-state index contributed by atoms with van der Waals surface area (Å²) in [7, 11) is 0. The molecule has 2 aliphatic rings. The molecule has 1 aromatic carbocycles. The lowest BCUT2D eigenvalue weighted by Crippen LogP contribution is -2.49. The van der Waals surface area contributed by atoms with Crippen molar-refractivity contribution in [2.24, 2.45) is 0 Å². The molecule has 0 aliphatic carbocycles. The average molecular weight is 368 g/mol. The number of hydrogen-bond acceptors (Lipinski definition) is 4. The Bertz CT molecular complexity index is 732. The van der Waals surface area contributed by atoms with Gasteiger partial charge in [-0.3, -0.25) is 9.48 Å². The number of hydrogen-bond donors (Lipinski definition) is 1. The second-order valence-corrected chi connectivity index (χ2v) is 7.53. The molecule has 1 amide bonds. The van der Waals surface area contributed by atoms with Gasteiger partial charge in [0.1, 0.15) is 0 Å². The van der Waals surface area contributed by atoms with Crippen LogP contribution in [0.4, 0.5) is 0 Å². The van der Waals surface area contributed by atoms with E-state index in [0.717, 1.165) is 63.1 Å². The van der Waals surface area contributed by atoms with Crippen LogP contribution in [0.1, 0.15) is 41.6 Å². The molecule has 0 unspecified atom stereocenters. The van der Waals surface area contributed by atoms with E-state index in [0.29, 0.717) is 12.6 Å². The van der Waals surface area contributed by atoms with Gasteiger partial charge in [0, 0.05) is 56.3 Å². The normalized spacial score (nSPS) is 19.9. The number of nitrogens with zero attached hydrogens (tertiary/aromatic N) is 3. The van der Waals surface area contributed by atoms with Gasteiger partial charge in [0.2, 0.25) is 0 Å². The number of aromatic nitrogens is 2. The monoisotopic (exact) mass is 368 g/mol. The Labute approximate surface area is 160 Å². The molecule has 3 heterocycles. The highest BCUT2D eigenvalue weighted by Crippen LogP contribution is 2.20. The lowest BCUT2D eigenvalue weighted by Gasteiger charge is -2.39. The first kappa shape index (κ1) is 18.2. The largest absolute Gasteiger partial charge is 0.381 e. The summed E-state index contributed by atoms with van der Waals surface area (Å²) in [6.07, 6.45) is 8.02. The number of benzene rings is 1. The molecule has 1 N–H and O–H groups in total. The van der Waals surface area contributed by atoms with Gasteiger partial charge in [0.25, 0.3) is 5.91 Å². The van der Waals surface area contributed by atoms with Crippen LogP contribution in [0, 0.1) is 0 Å². The predicted molar refractivity (Wildman–Crippen MR) is 104 cm³/mol. The zero-order chi connectivity index (χ0) is 18.5. The van der Waals surface area contributed by atoms with Gasteiger partial charge in [-0.2, -0.15) is 5.10 Å². The average Bonchev–Trinajstić information content (AvgIpc) is 3.22. The molecule has 6 nitrogen and oxygen atoms in total. The van der Waals surface area contributed by atoms with Crippen LogP contribution in [0.5, 0.6) is 0 Å². The first-order valence-electron chi connectivity index (χ1n) is 9.97. The van der Waals surface area contributed by atoms with Gasteiger partial charge in [-0.1, -0.05) is 12.1 Å². The van der Waals surface area contributed by atoms with Crippen molar-refractivity contribution in [3.8, 4) is 0 Å². The summed E-state index contributed by atoms with van der Waals surface area (Å²) >= 11 is 0. The molecule has 0 saturated carbocycles. The van der Waals surface area contributed by atoms with Crippen molar-refractivity contribution in [3.63, 3.8) is 0 Å². The van der Waals surface area contributed by atoms with Crippen molar-refractivity contribution in [1.29, 1.82) is 0 Å². The van der Waals surface area contributed by atoms with Gasteiger partial charge in [0.15, 0.2) is 0 Å². The Morgan fingerprint density at radius 3 is 2.70 bits per heavy atom. The third kappa shape index (κ3) is 4.76. The van der Waals surface area contributed by atoms with Crippen molar-refractivity contribution in [3.05, 3.63) is 53.9 Å². The van der Waals surface area contributed by atoms with Gasteiger partial charge in [-0.25, -0.2) is 0 Å². The minimum absolute atomic E-state index is 0.0295. The number of ether oxygens (including phenoxy) is 1. The second-order valence-electron chi connectivity index (χ2n) is 7.53. The van der Waals surface area contributed by atoms with E-state index in [4.69, 9.17) is 4.74 Å². The topological polar surface area (TPSA) is 59.4 Å². The number of piperidine rings is 1. The van der Waals surface area contributed by atoms with E-state index in [-0.39, 0.29) is 11.9 Å². The quantitative estimate of drug-likeness (QED) is 0.880. The van der Waals surface area contributed by atoms with E-state index in [1.165, 1.54) is 0 Å². The van der Waals surface area contributed by atoms with Gasteiger partial charge in [-0.15, -0.1) is 0 Å². The molecule has 0 radical (unpaired) electrons. The molecule has 0 atom stereocenters. The van der Waals surface area contributed by atoms with Crippen LogP contribution in [0.3, 0.4) is 0 Å². The van der Waals surface area contributed by atoms with Crippen molar-refractivity contribution in [2.75, 3.05) is 26.3 Å². The third-order valence-corrected chi connectivity index (χ3v) is 5.66. The zero-order valence-corrected chi connectivity index (χ0v) is 15.7. The molecule has 144 valence electrons. The van der Waals surface area contributed by atoms with Crippen LogP contribution < -0.4 is 5.32 Å². The molecule has 27 heavy (non-hydrogen) atoms. The summed E-state index contributed by atoms with van der Waals surface area (Å²) in [6.45, 7) is 4.58. The van der Waals surface area contributed by atoms with E-state index in [2.05, 4.69) is 15.3 Å². The highest BCUT2D eigenvalue weighted by molar-refractivity contribution is 5.94. The fourth-order valence-electron chi connectivity index (χ4n) is 4.12. The number of amides is 1. The highest BCUT2D eigenvalue weighted by atomic mass is 16.5. The Morgan fingerprint density at radius 2 is 1.96 bits per heavy atom. The Morgan fingerprint density at radius 1 is 1.15 bits per heavy atom. The molecule has 2 saturated heterocycles. The molecule has 2 aliphatic heterocycles. The number of likely N-dealkylation sites (tertiary alicyclic amines) is 1. The predicted octanol–water partition coefficient (Wildman–Crippen LogP) is 2.30. The van der Waals surface area contributed by atoms with Gasteiger partial charge >= 0.3 is 0 Å². The van der Waals surface area contributed by atoms with Crippen molar-refractivity contribution < 1.29 is 9.53 Å². The smallest absolute Gasteiger partial charge is 0.251 e. The van der Waals surface area contributed by atoms with Crippen LogP contribution in [-0.2, 0) is 11.3 Å². The van der Waals surface area contributed by atoms with Crippen LogP contribution in [0.15, 0.2) is 42.7 Å². The molecule has 2 fully saturated rings. The molecule has 1 aromatic heterocycles. The molecule has 2 aromatic rings. The van der Waals surface area contributed by atoms with E-state index in [9.17, 15) is 4.79 Å². The molecule has 6 heteroatoms. The minimum Gasteiger partial charge on any atom is -0.381 e. The standard InChI is InChI=1S/C21H28N4O2/c26-21(18-4-1-3-17(15-18)16-25-10-2-9-22-25)23-19-5-11-24(12-6-19)20-7-13-27-14-8-20/h1-4,9-10,15,19-20H,5-8,11-14,16H2,(H,23,26). The summed E-state index contributed by atoms with van der Waals surface area (Å²) in [6, 6.07) is 10.7. The first-order valence-corrected chi connectivity index (χ1v) is 9.97. The fourth-order valence-corrected chi connectivity index (χ4v) is 4.12. The van der Waals surface area contributed by atoms with Crippen molar-refractivity contribution in [2.45, 2.75) is 44.3 Å². The molecule has 0 bridgehead atoms. The van der Waals surface area contributed by atoms with Crippen molar-refractivity contribution in [1.82, 2.24) is 20.0 Å². The summed E-state index contributed by atoms with van der Waals surface area (Å²) in [5, 5.41) is 7.46. The summed E-state index contributed by atoms with van der Waals surface area (Å²) in [5.74, 6) is 0.0295. The lowest BCUT2D eigenvalue weighted by atomic mass is 9.99. The van der Waals surface area contributed by atoms with Crippen LogP contribution in [-0.4, -0.2) is 59.0 Å². The second kappa shape index (κ2) is 8.67. The van der Waals surface area contributed by atoms with E-state index < -0.39 is 0 Å². The third-order valence-electron chi connectivity index (χ3n) is 5.66. The number of carbonyl (C=O) groups is 1.